The molecular formula is C15H20O2. The molecule has 0 N–H and O–H groups in total. The minimum absolute atomic E-state index is 0.222. The zero-order valence-electron chi connectivity index (χ0n) is 10.6. The highest BCUT2D eigenvalue weighted by molar-refractivity contribution is 5.96. The maximum Gasteiger partial charge on any atom is 0.163 e. The second kappa shape index (κ2) is 5.35. The third kappa shape index (κ3) is 3.88. The summed E-state index contributed by atoms with van der Waals surface area (Å²) in [5.74, 6) is 1.63. The summed E-state index contributed by atoms with van der Waals surface area (Å²) in [5, 5.41) is 0. The molecule has 0 heterocycles. The van der Waals surface area contributed by atoms with Gasteiger partial charge in [-0.15, -0.1) is 0 Å². The maximum atomic E-state index is 11.9. The van der Waals surface area contributed by atoms with Crippen LogP contribution in [-0.4, -0.2) is 11.9 Å². The van der Waals surface area contributed by atoms with E-state index < -0.39 is 0 Å². The Hall–Kier alpha value is -1.31. The molecule has 0 spiro atoms. The summed E-state index contributed by atoms with van der Waals surface area (Å²) in [7, 11) is 0. The molecule has 1 aliphatic carbocycles. The first-order chi connectivity index (χ1) is 8.15. The first-order valence-corrected chi connectivity index (χ1v) is 6.45. The lowest BCUT2D eigenvalue weighted by Crippen LogP contribution is -2.02. The highest BCUT2D eigenvalue weighted by Crippen LogP contribution is 2.27. The van der Waals surface area contributed by atoms with Crippen molar-refractivity contribution in [2.75, 3.05) is 0 Å². The molecule has 1 aromatic carbocycles. The molecule has 1 aromatic rings. The van der Waals surface area contributed by atoms with E-state index in [4.69, 9.17) is 4.74 Å². The Morgan fingerprint density at radius 3 is 2.82 bits per heavy atom. The number of benzene rings is 1. The van der Waals surface area contributed by atoms with Crippen molar-refractivity contribution < 1.29 is 9.53 Å². The molecule has 1 aliphatic rings. The molecule has 2 nitrogen and oxygen atoms in total. The molecule has 0 bridgehead atoms. The van der Waals surface area contributed by atoms with Crippen LogP contribution in [0.15, 0.2) is 24.3 Å². The van der Waals surface area contributed by atoms with E-state index in [-0.39, 0.29) is 5.78 Å². The summed E-state index contributed by atoms with van der Waals surface area (Å²) >= 11 is 0. The third-order valence-electron chi connectivity index (χ3n) is 2.93. The summed E-state index contributed by atoms with van der Waals surface area (Å²) in [6.45, 7) is 4.28. The maximum absolute atomic E-state index is 11.9. The molecule has 17 heavy (non-hydrogen) atoms. The Morgan fingerprint density at radius 1 is 1.41 bits per heavy atom. The van der Waals surface area contributed by atoms with Gasteiger partial charge >= 0.3 is 0 Å². The Balaban J connectivity index is 1.96. The molecule has 2 rings (SSSR count). The van der Waals surface area contributed by atoms with Crippen molar-refractivity contribution in [3.63, 3.8) is 0 Å². The van der Waals surface area contributed by atoms with Crippen molar-refractivity contribution in [3.05, 3.63) is 29.8 Å². The molecule has 92 valence electrons. The van der Waals surface area contributed by atoms with Crippen LogP contribution in [0.4, 0.5) is 0 Å². The van der Waals surface area contributed by atoms with Gasteiger partial charge in [0.05, 0.1) is 6.10 Å². The fourth-order valence-corrected chi connectivity index (χ4v) is 1.69. The zero-order valence-corrected chi connectivity index (χ0v) is 10.6. The lowest BCUT2D eigenvalue weighted by molar-refractivity contribution is 0.0975. The van der Waals surface area contributed by atoms with Crippen molar-refractivity contribution in [2.45, 2.75) is 45.6 Å². The third-order valence-corrected chi connectivity index (χ3v) is 2.93. The van der Waals surface area contributed by atoms with E-state index in [1.54, 1.807) is 0 Å². The Kier molecular flexibility index (Phi) is 3.82. The van der Waals surface area contributed by atoms with Crippen LogP contribution in [0, 0.1) is 5.92 Å². The average molecular weight is 232 g/mol. The summed E-state index contributed by atoms with van der Waals surface area (Å²) in [5.41, 5.74) is 0.781. The summed E-state index contributed by atoms with van der Waals surface area (Å²) in [6.07, 6.45) is 4.25. The van der Waals surface area contributed by atoms with Gasteiger partial charge in [0.25, 0.3) is 0 Å². The molecule has 1 saturated carbocycles. The molecule has 0 saturated heterocycles. The molecule has 0 aromatic heterocycles. The quantitative estimate of drug-likeness (QED) is 0.696. The normalized spacial score (nSPS) is 15.0. The number of hydrogen-bond donors (Lipinski definition) is 0. The number of ether oxygens (including phenoxy) is 1. The second-order valence-corrected chi connectivity index (χ2v) is 5.20. The van der Waals surface area contributed by atoms with Gasteiger partial charge in [-0.1, -0.05) is 26.0 Å². The van der Waals surface area contributed by atoms with E-state index in [1.165, 1.54) is 0 Å². The van der Waals surface area contributed by atoms with E-state index in [9.17, 15) is 4.79 Å². The topological polar surface area (TPSA) is 26.3 Å². The molecule has 0 radical (unpaired) electrons. The molecule has 1 fully saturated rings. The van der Waals surface area contributed by atoms with Gasteiger partial charge in [-0.05, 0) is 37.3 Å². The molecule has 0 aliphatic heterocycles. The average Bonchev–Trinajstić information content (AvgIpc) is 3.10. The highest BCUT2D eigenvalue weighted by atomic mass is 16.5. The van der Waals surface area contributed by atoms with Crippen molar-refractivity contribution in [1.29, 1.82) is 0 Å². The van der Waals surface area contributed by atoms with E-state index >= 15 is 0 Å². The Bertz CT molecular complexity index is 392. The summed E-state index contributed by atoms with van der Waals surface area (Å²) < 4.78 is 5.69. The van der Waals surface area contributed by atoms with Gasteiger partial charge in [0, 0.05) is 12.0 Å². The van der Waals surface area contributed by atoms with Gasteiger partial charge in [-0.3, -0.25) is 4.79 Å². The van der Waals surface area contributed by atoms with Crippen LogP contribution in [0.3, 0.4) is 0 Å². The molecular weight excluding hydrogens is 212 g/mol. The predicted molar refractivity (Wildman–Crippen MR) is 68.5 cm³/mol. The fraction of sp³-hybridized carbons (Fsp3) is 0.533. The SMILES string of the molecule is CC(C)CCC(=O)c1cccc(OC2CC2)c1. The Morgan fingerprint density at radius 2 is 2.18 bits per heavy atom. The van der Waals surface area contributed by atoms with Crippen molar-refractivity contribution in [2.24, 2.45) is 5.92 Å². The Labute approximate surface area is 103 Å². The zero-order chi connectivity index (χ0) is 12.3. The van der Waals surface area contributed by atoms with Crippen LogP contribution >= 0.6 is 0 Å². The van der Waals surface area contributed by atoms with Gasteiger partial charge in [-0.25, -0.2) is 0 Å². The van der Waals surface area contributed by atoms with Gasteiger partial charge < -0.3 is 4.74 Å². The molecule has 2 heteroatoms. The first-order valence-electron chi connectivity index (χ1n) is 6.45. The van der Waals surface area contributed by atoms with Gasteiger partial charge in [0.1, 0.15) is 5.75 Å². The number of carbonyl (C=O) groups excluding carboxylic acids is 1. The number of hydrogen-bond acceptors (Lipinski definition) is 2. The van der Waals surface area contributed by atoms with Crippen molar-refractivity contribution in [3.8, 4) is 5.75 Å². The van der Waals surface area contributed by atoms with Crippen LogP contribution < -0.4 is 4.74 Å². The molecule has 0 amide bonds. The van der Waals surface area contributed by atoms with Crippen LogP contribution in [0.1, 0.15) is 49.9 Å². The van der Waals surface area contributed by atoms with Crippen LogP contribution in [-0.2, 0) is 0 Å². The fourth-order valence-electron chi connectivity index (χ4n) is 1.69. The lowest BCUT2D eigenvalue weighted by Gasteiger charge is -2.07. The van der Waals surface area contributed by atoms with E-state index in [0.29, 0.717) is 18.4 Å². The molecule has 0 unspecified atom stereocenters. The minimum Gasteiger partial charge on any atom is -0.490 e. The van der Waals surface area contributed by atoms with Crippen molar-refractivity contribution in [1.82, 2.24) is 0 Å². The second-order valence-electron chi connectivity index (χ2n) is 5.20. The van der Waals surface area contributed by atoms with E-state index in [0.717, 1.165) is 30.6 Å². The summed E-state index contributed by atoms with van der Waals surface area (Å²) in [4.78, 5) is 11.9. The first kappa shape index (κ1) is 12.2. The van der Waals surface area contributed by atoms with Crippen LogP contribution in [0.2, 0.25) is 0 Å². The minimum atomic E-state index is 0.222. The predicted octanol–water partition coefficient (Wildman–Crippen LogP) is 3.85. The van der Waals surface area contributed by atoms with Crippen LogP contribution in [0.5, 0.6) is 5.75 Å². The van der Waals surface area contributed by atoms with Gasteiger partial charge in [0.15, 0.2) is 5.78 Å². The van der Waals surface area contributed by atoms with Crippen LogP contribution in [0.25, 0.3) is 0 Å². The number of carbonyl (C=O) groups is 1. The lowest BCUT2D eigenvalue weighted by atomic mass is 10.0. The standard InChI is InChI=1S/C15H20O2/c1-11(2)6-9-15(16)12-4-3-5-14(10-12)17-13-7-8-13/h3-5,10-11,13H,6-9H2,1-2H3. The smallest absolute Gasteiger partial charge is 0.163 e. The molecule has 0 atom stereocenters. The number of Topliss-reactive ketones (excluding diaryl/α,β-unsaturated/α-hetero) is 1. The van der Waals surface area contributed by atoms with Gasteiger partial charge in [-0.2, -0.15) is 0 Å². The van der Waals surface area contributed by atoms with Crippen molar-refractivity contribution >= 4 is 5.78 Å². The van der Waals surface area contributed by atoms with Gasteiger partial charge in [0.2, 0.25) is 0 Å². The summed E-state index contributed by atoms with van der Waals surface area (Å²) in [6, 6.07) is 7.58. The number of ketones is 1. The monoisotopic (exact) mass is 232 g/mol. The largest absolute Gasteiger partial charge is 0.490 e. The highest BCUT2D eigenvalue weighted by Gasteiger charge is 2.23. The number of rotatable bonds is 6. The van der Waals surface area contributed by atoms with E-state index in [2.05, 4.69) is 13.8 Å². The van der Waals surface area contributed by atoms with E-state index in [1.807, 2.05) is 24.3 Å².